The standard InChI is InChI=1S/C20H21N3O3S2/c1-26-14-8-4-2-6-12(14)10-11-16(24)22-20(27)23-19-17(18(21)25)13-7-3-5-9-15(13)28-19/h2,4,6,8,10-11H,3,5,7,9H2,1H3,(H2,21,25)(H2,22,23,24,27)/b11-10+. The highest BCUT2D eigenvalue weighted by Crippen LogP contribution is 2.37. The molecule has 0 saturated heterocycles. The van der Waals surface area contributed by atoms with Crippen LogP contribution >= 0.6 is 23.6 Å². The Morgan fingerprint density at radius 1 is 1.25 bits per heavy atom. The van der Waals surface area contributed by atoms with Crippen molar-refractivity contribution in [1.82, 2.24) is 5.32 Å². The number of thiophene rings is 1. The number of anilines is 1. The summed E-state index contributed by atoms with van der Waals surface area (Å²) in [5.41, 5.74) is 7.85. The van der Waals surface area contributed by atoms with Gasteiger partial charge in [0.25, 0.3) is 5.91 Å². The summed E-state index contributed by atoms with van der Waals surface area (Å²) in [6.45, 7) is 0. The fraction of sp³-hybridized carbons (Fsp3) is 0.250. The molecule has 1 heterocycles. The summed E-state index contributed by atoms with van der Waals surface area (Å²) in [7, 11) is 1.57. The zero-order valence-electron chi connectivity index (χ0n) is 15.4. The van der Waals surface area contributed by atoms with E-state index in [0.717, 1.165) is 41.7 Å². The summed E-state index contributed by atoms with van der Waals surface area (Å²) < 4.78 is 5.25. The lowest BCUT2D eigenvalue weighted by Crippen LogP contribution is -2.33. The largest absolute Gasteiger partial charge is 0.496 e. The van der Waals surface area contributed by atoms with E-state index < -0.39 is 5.91 Å². The predicted octanol–water partition coefficient (Wildman–Crippen LogP) is 3.26. The van der Waals surface area contributed by atoms with E-state index in [1.807, 2.05) is 24.3 Å². The van der Waals surface area contributed by atoms with Gasteiger partial charge < -0.3 is 15.8 Å². The van der Waals surface area contributed by atoms with E-state index in [1.165, 1.54) is 17.4 Å². The lowest BCUT2D eigenvalue weighted by Gasteiger charge is -2.11. The van der Waals surface area contributed by atoms with Crippen molar-refractivity contribution >= 4 is 51.6 Å². The van der Waals surface area contributed by atoms with Gasteiger partial charge in [0.05, 0.1) is 12.7 Å². The van der Waals surface area contributed by atoms with Crippen LogP contribution in [0.5, 0.6) is 5.75 Å². The number of amides is 2. The van der Waals surface area contributed by atoms with Crippen molar-refractivity contribution in [2.45, 2.75) is 25.7 Å². The minimum absolute atomic E-state index is 0.121. The first kappa shape index (κ1) is 20.0. The number of fused-ring (bicyclic) bond motifs is 1. The Hall–Kier alpha value is -2.71. The number of primary amides is 1. The molecular weight excluding hydrogens is 394 g/mol. The van der Waals surface area contributed by atoms with Crippen LogP contribution in [0.4, 0.5) is 5.00 Å². The summed E-state index contributed by atoms with van der Waals surface area (Å²) in [5.74, 6) is -0.194. The number of carbonyl (C=O) groups is 2. The Morgan fingerprint density at radius 2 is 2.00 bits per heavy atom. The first-order chi connectivity index (χ1) is 13.5. The van der Waals surface area contributed by atoms with E-state index in [4.69, 9.17) is 22.7 Å². The number of methoxy groups -OCH3 is 1. The zero-order valence-corrected chi connectivity index (χ0v) is 17.0. The van der Waals surface area contributed by atoms with Gasteiger partial charge in [-0.15, -0.1) is 11.3 Å². The summed E-state index contributed by atoms with van der Waals surface area (Å²) in [6.07, 6.45) is 6.93. The number of nitrogens with one attached hydrogen (secondary N) is 2. The molecule has 1 aliphatic carbocycles. The van der Waals surface area contributed by atoms with Gasteiger partial charge in [0.15, 0.2) is 5.11 Å². The quantitative estimate of drug-likeness (QED) is 0.515. The van der Waals surface area contributed by atoms with Crippen molar-refractivity contribution in [3.8, 4) is 5.75 Å². The van der Waals surface area contributed by atoms with E-state index in [-0.39, 0.29) is 11.0 Å². The van der Waals surface area contributed by atoms with Crippen molar-refractivity contribution in [1.29, 1.82) is 0 Å². The van der Waals surface area contributed by atoms with Crippen LogP contribution in [0.1, 0.15) is 39.2 Å². The third kappa shape index (κ3) is 4.58. The molecule has 1 aromatic carbocycles. The molecule has 0 aliphatic heterocycles. The van der Waals surface area contributed by atoms with E-state index in [9.17, 15) is 9.59 Å². The molecule has 3 rings (SSSR count). The second-order valence-electron chi connectivity index (χ2n) is 6.30. The average molecular weight is 416 g/mol. The molecule has 2 amide bonds. The van der Waals surface area contributed by atoms with E-state index in [0.29, 0.717) is 16.3 Å². The van der Waals surface area contributed by atoms with Gasteiger partial charge in [0.1, 0.15) is 10.8 Å². The van der Waals surface area contributed by atoms with Gasteiger partial charge in [-0.25, -0.2) is 0 Å². The Kier molecular flexibility index (Phi) is 6.43. The summed E-state index contributed by atoms with van der Waals surface area (Å²) in [4.78, 5) is 25.2. The molecule has 2 aromatic rings. The molecule has 28 heavy (non-hydrogen) atoms. The number of rotatable bonds is 5. The van der Waals surface area contributed by atoms with Gasteiger partial charge >= 0.3 is 0 Å². The number of para-hydroxylation sites is 1. The Bertz CT molecular complexity index is 950. The number of hydrogen-bond acceptors (Lipinski definition) is 5. The van der Waals surface area contributed by atoms with Crippen molar-refractivity contribution in [2.75, 3.05) is 12.4 Å². The van der Waals surface area contributed by atoms with Crippen molar-refractivity contribution in [3.63, 3.8) is 0 Å². The van der Waals surface area contributed by atoms with Crippen LogP contribution in [0.15, 0.2) is 30.3 Å². The molecule has 0 atom stereocenters. The van der Waals surface area contributed by atoms with Crippen LogP contribution in [-0.4, -0.2) is 24.0 Å². The number of nitrogens with two attached hydrogens (primary N) is 1. The minimum atomic E-state index is -0.480. The fourth-order valence-electron chi connectivity index (χ4n) is 3.17. The molecular formula is C20H21N3O3S2. The van der Waals surface area contributed by atoms with Gasteiger partial charge in [-0.1, -0.05) is 18.2 Å². The maximum absolute atomic E-state index is 12.2. The topological polar surface area (TPSA) is 93.4 Å². The first-order valence-electron chi connectivity index (χ1n) is 8.87. The SMILES string of the molecule is COc1ccccc1/C=C/C(=O)NC(=S)Nc1sc2c(c1C(N)=O)CCCC2. The van der Waals surface area contributed by atoms with Crippen LogP contribution in [0.25, 0.3) is 6.08 Å². The molecule has 8 heteroatoms. The molecule has 0 unspecified atom stereocenters. The van der Waals surface area contributed by atoms with Gasteiger partial charge in [-0.2, -0.15) is 0 Å². The number of ether oxygens (including phenoxy) is 1. The predicted molar refractivity (Wildman–Crippen MR) is 116 cm³/mol. The lowest BCUT2D eigenvalue weighted by atomic mass is 9.95. The van der Waals surface area contributed by atoms with Crippen LogP contribution < -0.4 is 21.1 Å². The second-order valence-corrected chi connectivity index (χ2v) is 7.81. The van der Waals surface area contributed by atoms with Crippen LogP contribution in [0.3, 0.4) is 0 Å². The molecule has 146 valence electrons. The Morgan fingerprint density at radius 3 is 2.75 bits per heavy atom. The van der Waals surface area contributed by atoms with Crippen LogP contribution in [0, 0.1) is 0 Å². The molecule has 0 bridgehead atoms. The van der Waals surface area contributed by atoms with E-state index in [2.05, 4.69) is 10.6 Å². The Balaban J connectivity index is 1.67. The second kappa shape index (κ2) is 8.99. The third-order valence-electron chi connectivity index (χ3n) is 4.43. The first-order valence-corrected chi connectivity index (χ1v) is 10.1. The highest BCUT2D eigenvalue weighted by molar-refractivity contribution is 7.80. The molecule has 0 saturated carbocycles. The van der Waals surface area contributed by atoms with Gasteiger partial charge in [0, 0.05) is 16.5 Å². The molecule has 1 aromatic heterocycles. The minimum Gasteiger partial charge on any atom is -0.496 e. The molecule has 0 radical (unpaired) electrons. The number of carbonyl (C=O) groups excluding carboxylic acids is 2. The molecule has 6 nitrogen and oxygen atoms in total. The molecule has 0 spiro atoms. The third-order valence-corrected chi connectivity index (χ3v) is 5.85. The van der Waals surface area contributed by atoms with Crippen molar-refractivity contribution < 1.29 is 14.3 Å². The highest BCUT2D eigenvalue weighted by atomic mass is 32.1. The zero-order chi connectivity index (χ0) is 20.1. The summed E-state index contributed by atoms with van der Waals surface area (Å²) in [6, 6.07) is 7.37. The van der Waals surface area contributed by atoms with Crippen LogP contribution in [0.2, 0.25) is 0 Å². The monoisotopic (exact) mass is 415 g/mol. The fourth-order valence-corrected chi connectivity index (χ4v) is 4.74. The van der Waals surface area contributed by atoms with Gasteiger partial charge in [-0.05, 0) is 55.6 Å². The normalized spacial score (nSPS) is 13.0. The van der Waals surface area contributed by atoms with Crippen molar-refractivity contribution in [2.24, 2.45) is 5.73 Å². The van der Waals surface area contributed by atoms with Crippen molar-refractivity contribution in [3.05, 3.63) is 51.9 Å². The number of thiocarbonyl (C=S) groups is 1. The van der Waals surface area contributed by atoms with E-state index >= 15 is 0 Å². The summed E-state index contributed by atoms with van der Waals surface area (Å²) >= 11 is 6.71. The Labute approximate surface area is 172 Å². The molecule has 0 fully saturated rings. The summed E-state index contributed by atoms with van der Waals surface area (Å²) in [5, 5.41) is 6.27. The highest BCUT2D eigenvalue weighted by Gasteiger charge is 2.24. The maximum Gasteiger partial charge on any atom is 0.251 e. The van der Waals surface area contributed by atoms with Gasteiger partial charge in [0.2, 0.25) is 5.91 Å². The number of hydrogen-bond donors (Lipinski definition) is 3. The molecule has 1 aliphatic rings. The lowest BCUT2D eigenvalue weighted by molar-refractivity contribution is -0.115. The average Bonchev–Trinajstić information content (AvgIpc) is 3.04. The number of aryl methyl sites for hydroxylation is 1. The van der Waals surface area contributed by atoms with Crippen LogP contribution in [-0.2, 0) is 17.6 Å². The number of benzene rings is 1. The van der Waals surface area contributed by atoms with E-state index in [1.54, 1.807) is 13.2 Å². The molecule has 4 N–H and O–H groups in total. The smallest absolute Gasteiger partial charge is 0.251 e. The maximum atomic E-state index is 12.2. The van der Waals surface area contributed by atoms with Gasteiger partial charge in [-0.3, -0.25) is 14.9 Å².